The fourth-order valence-electron chi connectivity index (χ4n) is 3.29. The molecule has 2 aromatic rings. The summed E-state index contributed by atoms with van der Waals surface area (Å²) in [4.78, 5) is 13.9. The van der Waals surface area contributed by atoms with Gasteiger partial charge in [-0.15, -0.1) is 11.3 Å². The van der Waals surface area contributed by atoms with Crippen molar-refractivity contribution in [3.8, 4) is 5.75 Å². The molecule has 5 heteroatoms. The molecule has 2 aliphatic rings. The van der Waals surface area contributed by atoms with Crippen molar-refractivity contribution in [3.63, 3.8) is 0 Å². The predicted octanol–water partition coefficient (Wildman–Crippen LogP) is 3.88. The maximum absolute atomic E-state index is 12.5. The minimum Gasteiger partial charge on any atom is -0.491 e. The van der Waals surface area contributed by atoms with Crippen LogP contribution in [0.4, 0.5) is 5.00 Å². The SMILES string of the molecule is CC(C)Oc1ccc([C@H]2NC(=O)c3c(sc4c3CCC4)N2)cc1. The third-order valence-electron chi connectivity index (χ3n) is 4.28. The molecule has 1 atom stereocenters. The van der Waals surface area contributed by atoms with Crippen LogP contribution in [0.2, 0.25) is 0 Å². The molecule has 0 fully saturated rings. The van der Waals surface area contributed by atoms with Crippen molar-refractivity contribution in [1.29, 1.82) is 0 Å². The molecule has 0 saturated heterocycles. The van der Waals surface area contributed by atoms with Crippen LogP contribution in [0.3, 0.4) is 0 Å². The number of amides is 1. The van der Waals surface area contributed by atoms with Crippen molar-refractivity contribution >= 4 is 22.2 Å². The van der Waals surface area contributed by atoms with Crippen LogP contribution >= 0.6 is 11.3 Å². The minimum absolute atomic E-state index is 0.0469. The maximum Gasteiger partial charge on any atom is 0.256 e. The lowest BCUT2D eigenvalue weighted by molar-refractivity contribution is 0.0935. The zero-order valence-corrected chi connectivity index (χ0v) is 14.1. The van der Waals surface area contributed by atoms with Crippen LogP contribution in [0.5, 0.6) is 5.75 Å². The third kappa shape index (κ3) is 2.59. The first kappa shape index (κ1) is 14.6. The monoisotopic (exact) mass is 328 g/mol. The molecule has 1 aliphatic carbocycles. The number of carbonyl (C=O) groups is 1. The summed E-state index contributed by atoms with van der Waals surface area (Å²) in [6, 6.07) is 7.91. The Balaban J connectivity index is 1.58. The fourth-order valence-corrected chi connectivity index (χ4v) is 4.61. The van der Waals surface area contributed by atoms with Crippen LogP contribution in [0.25, 0.3) is 0 Å². The molecule has 1 aromatic heterocycles. The van der Waals surface area contributed by atoms with E-state index in [-0.39, 0.29) is 18.2 Å². The van der Waals surface area contributed by atoms with Gasteiger partial charge in [-0.05, 0) is 56.4 Å². The summed E-state index contributed by atoms with van der Waals surface area (Å²) in [6.45, 7) is 4.02. The lowest BCUT2D eigenvalue weighted by Crippen LogP contribution is -2.38. The quantitative estimate of drug-likeness (QED) is 0.899. The standard InChI is InChI=1S/C18H20N2O2S/c1-10(2)22-12-8-6-11(7-9-12)16-19-17(21)15-13-4-3-5-14(13)23-18(15)20-16/h6-10,16,20H,3-5H2,1-2H3,(H,19,21)/t16-/m0/s1. The van der Waals surface area contributed by atoms with E-state index in [0.29, 0.717) is 0 Å². The number of rotatable bonds is 3. The Morgan fingerprint density at radius 1 is 1.17 bits per heavy atom. The molecule has 0 radical (unpaired) electrons. The van der Waals surface area contributed by atoms with Gasteiger partial charge in [0.1, 0.15) is 16.9 Å². The van der Waals surface area contributed by atoms with E-state index < -0.39 is 0 Å². The molecule has 120 valence electrons. The second-order valence-corrected chi connectivity index (χ2v) is 7.45. The van der Waals surface area contributed by atoms with Gasteiger partial charge in [-0.2, -0.15) is 0 Å². The summed E-state index contributed by atoms with van der Waals surface area (Å²) >= 11 is 1.74. The number of ether oxygens (including phenoxy) is 1. The number of aryl methyl sites for hydroxylation is 1. The van der Waals surface area contributed by atoms with Crippen molar-refractivity contribution in [2.24, 2.45) is 0 Å². The number of fused-ring (bicyclic) bond motifs is 3. The van der Waals surface area contributed by atoms with Gasteiger partial charge in [-0.3, -0.25) is 4.79 Å². The number of thiophene rings is 1. The number of hydrogen-bond donors (Lipinski definition) is 2. The van der Waals surface area contributed by atoms with Crippen LogP contribution in [-0.4, -0.2) is 12.0 Å². The molecule has 0 saturated carbocycles. The zero-order valence-electron chi connectivity index (χ0n) is 13.3. The van der Waals surface area contributed by atoms with Gasteiger partial charge in [-0.1, -0.05) is 12.1 Å². The highest BCUT2D eigenvalue weighted by atomic mass is 32.1. The Hall–Kier alpha value is -2.01. The number of benzene rings is 1. The van der Waals surface area contributed by atoms with Gasteiger partial charge in [-0.25, -0.2) is 0 Å². The Morgan fingerprint density at radius 2 is 1.96 bits per heavy atom. The summed E-state index contributed by atoms with van der Waals surface area (Å²) in [5, 5.41) is 7.58. The normalized spacial score (nSPS) is 19.1. The largest absolute Gasteiger partial charge is 0.491 e. The van der Waals surface area contributed by atoms with E-state index in [0.717, 1.165) is 34.7 Å². The van der Waals surface area contributed by atoms with Gasteiger partial charge in [0, 0.05) is 4.88 Å². The summed E-state index contributed by atoms with van der Waals surface area (Å²) < 4.78 is 5.67. The average Bonchev–Trinajstić information content (AvgIpc) is 3.07. The van der Waals surface area contributed by atoms with Crippen molar-refractivity contribution in [1.82, 2.24) is 5.32 Å². The van der Waals surface area contributed by atoms with E-state index in [1.165, 1.54) is 16.9 Å². The van der Waals surface area contributed by atoms with Gasteiger partial charge < -0.3 is 15.4 Å². The Labute approximate surface area is 139 Å². The second kappa shape index (κ2) is 5.57. The molecule has 0 bridgehead atoms. The number of anilines is 1. The first-order valence-electron chi connectivity index (χ1n) is 8.10. The lowest BCUT2D eigenvalue weighted by atomic mass is 10.1. The second-order valence-electron chi connectivity index (χ2n) is 6.35. The van der Waals surface area contributed by atoms with Crippen LogP contribution in [0.1, 0.15) is 52.8 Å². The highest BCUT2D eigenvalue weighted by Gasteiger charge is 2.32. The summed E-state index contributed by atoms with van der Waals surface area (Å²) in [5.41, 5.74) is 3.17. The molecule has 0 spiro atoms. The van der Waals surface area contributed by atoms with Crippen molar-refractivity contribution in [2.45, 2.75) is 45.4 Å². The smallest absolute Gasteiger partial charge is 0.256 e. The number of nitrogens with one attached hydrogen (secondary N) is 2. The van der Waals surface area contributed by atoms with E-state index in [2.05, 4.69) is 10.6 Å². The van der Waals surface area contributed by atoms with E-state index in [9.17, 15) is 4.79 Å². The van der Waals surface area contributed by atoms with Gasteiger partial charge in [0.2, 0.25) is 0 Å². The molecule has 1 amide bonds. The van der Waals surface area contributed by atoms with Crippen LogP contribution in [-0.2, 0) is 12.8 Å². The highest BCUT2D eigenvalue weighted by Crippen LogP contribution is 2.42. The average molecular weight is 328 g/mol. The van der Waals surface area contributed by atoms with E-state index in [1.807, 2.05) is 38.1 Å². The number of hydrogen-bond acceptors (Lipinski definition) is 4. The topological polar surface area (TPSA) is 50.4 Å². The Bertz CT molecular complexity index is 749. The van der Waals surface area contributed by atoms with Gasteiger partial charge in [0.15, 0.2) is 0 Å². The fraction of sp³-hybridized carbons (Fsp3) is 0.389. The maximum atomic E-state index is 12.5. The van der Waals surface area contributed by atoms with E-state index in [1.54, 1.807) is 11.3 Å². The van der Waals surface area contributed by atoms with Gasteiger partial charge in [0.25, 0.3) is 5.91 Å². The van der Waals surface area contributed by atoms with Crippen LogP contribution in [0, 0.1) is 0 Å². The van der Waals surface area contributed by atoms with E-state index >= 15 is 0 Å². The molecular weight excluding hydrogens is 308 g/mol. The molecule has 0 unspecified atom stereocenters. The first-order valence-corrected chi connectivity index (χ1v) is 8.92. The molecule has 23 heavy (non-hydrogen) atoms. The van der Waals surface area contributed by atoms with Gasteiger partial charge >= 0.3 is 0 Å². The minimum atomic E-state index is -0.179. The van der Waals surface area contributed by atoms with Crippen molar-refractivity contribution in [2.75, 3.05) is 5.32 Å². The summed E-state index contributed by atoms with van der Waals surface area (Å²) in [6.07, 6.45) is 3.28. The van der Waals surface area contributed by atoms with Crippen molar-refractivity contribution < 1.29 is 9.53 Å². The van der Waals surface area contributed by atoms with Gasteiger partial charge in [0.05, 0.1) is 11.7 Å². The predicted molar refractivity (Wildman–Crippen MR) is 92.4 cm³/mol. The Kier molecular flexibility index (Phi) is 3.53. The van der Waals surface area contributed by atoms with E-state index in [4.69, 9.17) is 4.74 Å². The molecule has 4 rings (SSSR count). The molecule has 1 aliphatic heterocycles. The lowest BCUT2D eigenvalue weighted by Gasteiger charge is -2.26. The molecular formula is C18H20N2O2S. The van der Waals surface area contributed by atoms with Crippen LogP contribution < -0.4 is 15.4 Å². The molecule has 4 nitrogen and oxygen atoms in total. The summed E-state index contributed by atoms with van der Waals surface area (Å²) in [7, 11) is 0. The molecule has 2 heterocycles. The first-order chi connectivity index (χ1) is 11.1. The van der Waals surface area contributed by atoms with Crippen LogP contribution in [0.15, 0.2) is 24.3 Å². The molecule has 2 N–H and O–H groups in total. The third-order valence-corrected chi connectivity index (χ3v) is 5.51. The Morgan fingerprint density at radius 3 is 2.70 bits per heavy atom. The van der Waals surface area contributed by atoms with Crippen molar-refractivity contribution in [3.05, 3.63) is 45.8 Å². The zero-order chi connectivity index (χ0) is 16.0. The summed E-state index contributed by atoms with van der Waals surface area (Å²) in [5.74, 6) is 0.896. The molecule has 1 aromatic carbocycles. The number of carbonyl (C=O) groups excluding carboxylic acids is 1. The highest BCUT2D eigenvalue weighted by molar-refractivity contribution is 7.16.